The van der Waals surface area contributed by atoms with Crippen LogP contribution >= 0.6 is 0 Å². The van der Waals surface area contributed by atoms with E-state index >= 15 is 0 Å². The van der Waals surface area contributed by atoms with Crippen LogP contribution in [-0.2, 0) is 16.2 Å². The van der Waals surface area contributed by atoms with E-state index in [1.807, 2.05) is 0 Å². The molecular formula is C87H64N4Si2. The molecule has 0 bridgehead atoms. The van der Waals surface area contributed by atoms with Crippen molar-refractivity contribution in [2.75, 3.05) is 9.80 Å². The third-order valence-electron chi connectivity index (χ3n) is 21.6. The van der Waals surface area contributed by atoms with Gasteiger partial charge < -0.3 is 9.80 Å². The van der Waals surface area contributed by atoms with Gasteiger partial charge >= 0.3 is 0 Å². The first-order valence-electron chi connectivity index (χ1n) is 32.3. The zero-order valence-electron chi connectivity index (χ0n) is 52.3. The summed E-state index contributed by atoms with van der Waals surface area (Å²) in [5.41, 5.74) is 15.0. The van der Waals surface area contributed by atoms with Crippen LogP contribution in [0.3, 0.4) is 0 Å². The average Bonchev–Trinajstić information content (AvgIpc) is 1.49. The second-order valence-electron chi connectivity index (χ2n) is 26.4. The van der Waals surface area contributed by atoms with Gasteiger partial charge in [0, 0.05) is 39.0 Å². The maximum Gasteiger partial charge on any atom is 0.184 e. The van der Waals surface area contributed by atoms with Gasteiger partial charge in [-0.15, -0.1) is 0 Å². The van der Waals surface area contributed by atoms with Gasteiger partial charge in [0.15, 0.2) is 16.1 Å². The quantitative estimate of drug-likeness (QED) is 0.142. The van der Waals surface area contributed by atoms with Gasteiger partial charge in [0.25, 0.3) is 0 Å². The summed E-state index contributed by atoms with van der Waals surface area (Å²) in [6.45, 7) is 9.89. The van der Waals surface area contributed by atoms with Crippen molar-refractivity contribution in [3.63, 3.8) is 0 Å². The standard InChI is InChI=1S/C87H64N4Si2/c1-85(2)81-82(86(3,4)87(85)71-55-61(59-31-11-5-12-32-59)51-53-67(71)68-54-52-62(56-72(68)87)60-33-13-6-14-34-60)84(91-75-45-25-29-49-79(75)93(65-39-19-9-20-40-65,66-41-21-10-22-42-66)80-50-30-26-46-76(80)91)70(58-89)69(57-88)83(81)90-73-43-23-27-47-77(73)92(63-35-15-7-16-36-63,64-37-17-8-18-38-64)78-48-28-24-44-74(78)90/h5-56H,1-4H3. The normalized spacial score (nSPS) is 15.7. The molecule has 0 unspecified atom stereocenters. The van der Waals surface area contributed by atoms with Crippen LogP contribution in [0.15, 0.2) is 315 Å². The summed E-state index contributed by atoms with van der Waals surface area (Å²) in [5, 5.41) is 35.7. The fourth-order valence-corrected chi connectivity index (χ4v) is 28.6. The van der Waals surface area contributed by atoms with Crippen LogP contribution in [0.4, 0.5) is 34.1 Å². The summed E-state index contributed by atoms with van der Waals surface area (Å²) in [6.07, 6.45) is 0. The highest BCUT2D eigenvalue weighted by Gasteiger charge is 2.70. The van der Waals surface area contributed by atoms with Crippen molar-refractivity contribution in [1.82, 2.24) is 0 Å². The molecule has 2 heterocycles. The lowest BCUT2D eigenvalue weighted by Crippen LogP contribution is -2.77. The highest BCUT2D eigenvalue weighted by Crippen LogP contribution is 2.75. The molecule has 440 valence electrons. The molecule has 0 radical (unpaired) electrons. The van der Waals surface area contributed by atoms with Crippen molar-refractivity contribution in [2.45, 2.75) is 43.9 Å². The Morgan fingerprint density at radius 1 is 0.290 bits per heavy atom. The Balaban J connectivity index is 1.06. The number of benzene rings is 13. The lowest BCUT2D eigenvalue weighted by Gasteiger charge is -2.50. The van der Waals surface area contributed by atoms with Gasteiger partial charge in [0.1, 0.15) is 12.1 Å². The largest absolute Gasteiger partial charge is 0.309 e. The number of rotatable bonds is 8. The Morgan fingerprint density at radius 3 is 0.828 bits per heavy atom. The Hall–Kier alpha value is -11.1. The fraction of sp³-hybridized carbons (Fsp3) is 0.0805. The molecule has 0 saturated carbocycles. The molecule has 6 heteroatoms. The van der Waals surface area contributed by atoms with Gasteiger partial charge in [-0.3, -0.25) is 0 Å². The van der Waals surface area contributed by atoms with Crippen LogP contribution in [0.1, 0.15) is 61.1 Å². The topological polar surface area (TPSA) is 54.1 Å². The molecule has 0 fully saturated rings. The van der Waals surface area contributed by atoms with Crippen molar-refractivity contribution in [1.29, 1.82) is 10.5 Å². The number of nitriles is 2. The smallest absolute Gasteiger partial charge is 0.184 e. The second-order valence-corrected chi connectivity index (χ2v) is 33.8. The van der Waals surface area contributed by atoms with E-state index in [4.69, 9.17) is 0 Å². The third kappa shape index (κ3) is 7.39. The Labute approximate surface area is 546 Å². The summed E-state index contributed by atoms with van der Waals surface area (Å²) in [4.78, 5) is 4.89. The lowest BCUT2D eigenvalue weighted by molar-refractivity contribution is 0.232. The molecule has 0 N–H and O–H groups in total. The van der Waals surface area contributed by atoms with E-state index in [2.05, 4.69) is 365 Å². The predicted molar refractivity (Wildman–Crippen MR) is 389 cm³/mol. The van der Waals surface area contributed by atoms with Gasteiger partial charge in [-0.25, -0.2) is 0 Å². The summed E-state index contributed by atoms with van der Waals surface area (Å²) < 4.78 is 0. The fourth-order valence-electron chi connectivity index (χ4n) is 18.4. The predicted octanol–water partition coefficient (Wildman–Crippen LogP) is 15.6. The van der Waals surface area contributed by atoms with E-state index in [0.29, 0.717) is 11.1 Å². The maximum atomic E-state index is 12.9. The maximum absolute atomic E-state index is 12.9. The number of hydrogen-bond donors (Lipinski definition) is 0. The molecule has 93 heavy (non-hydrogen) atoms. The molecule has 13 aromatic rings. The molecule has 1 spiro atoms. The third-order valence-corrected chi connectivity index (χ3v) is 31.3. The summed E-state index contributed by atoms with van der Waals surface area (Å²) in [6, 6.07) is 122. The van der Waals surface area contributed by atoms with Crippen molar-refractivity contribution in [3.05, 3.63) is 349 Å². The highest BCUT2D eigenvalue weighted by molar-refractivity contribution is 7.22. The first-order valence-corrected chi connectivity index (χ1v) is 36.3. The van der Waals surface area contributed by atoms with Crippen molar-refractivity contribution >= 4 is 91.8 Å². The van der Waals surface area contributed by atoms with Gasteiger partial charge in [-0.05, 0) is 134 Å². The number of para-hydroxylation sites is 4. The number of hydrogen-bond acceptors (Lipinski definition) is 4. The van der Waals surface area contributed by atoms with Gasteiger partial charge in [0.05, 0.1) is 22.5 Å². The Morgan fingerprint density at radius 2 is 0.548 bits per heavy atom. The molecule has 4 aliphatic rings. The SMILES string of the molecule is CC1(C)c2c(N3c4ccccc4[Si](c4ccccc4)(c4ccccc4)c4ccccc43)c(C#N)c(C#N)c(N3c4ccccc4[Si](c4ccccc4)(c4ccccc4)c4ccccc43)c2C(C)(C)C12c1cc(-c3ccccc3)ccc1-c1ccc(-c3ccccc3)cc12. The van der Waals surface area contributed by atoms with Crippen LogP contribution in [0, 0.1) is 22.7 Å². The molecule has 2 aliphatic carbocycles. The minimum Gasteiger partial charge on any atom is -0.309 e. The van der Waals surface area contributed by atoms with Crippen LogP contribution in [0.2, 0.25) is 0 Å². The number of fused-ring (bicyclic) bond motifs is 10. The second kappa shape index (κ2) is 21.0. The molecular weight excluding hydrogens is 1160 g/mol. The van der Waals surface area contributed by atoms with Gasteiger partial charge in [-0.1, -0.05) is 307 Å². The van der Waals surface area contributed by atoms with E-state index in [9.17, 15) is 10.5 Å². The minimum absolute atomic E-state index is 0.343. The molecule has 0 amide bonds. The Bertz CT molecular complexity index is 4740. The molecule has 4 nitrogen and oxygen atoms in total. The van der Waals surface area contributed by atoms with E-state index in [1.165, 1.54) is 63.7 Å². The van der Waals surface area contributed by atoms with Crippen LogP contribution in [-0.4, -0.2) is 16.1 Å². The Kier molecular flexibility index (Phi) is 12.6. The minimum atomic E-state index is -3.17. The molecule has 13 aromatic carbocycles. The van der Waals surface area contributed by atoms with Gasteiger partial charge in [0.2, 0.25) is 0 Å². The van der Waals surface area contributed by atoms with Crippen LogP contribution < -0.4 is 51.3 Å². The molecule has 2 aliphatic heterocycles. The summed E-state index contributed by atoms with van der Waals surface area (Å²) >= 11 is 0. The monoisotopic (exact) mass is 1220 g/mol. The first kappa shape index (κ1) is 55.9. The zero-order chi connectivity index (χ0) is 62.8. The average molecular weight is 1220 g/mol. The van der Waals surface area contributed by atoms with Crippen molar-refractivity contribution in [2.24, 2.45) is 0 Å². The van der Waals surface area contributed by atoms with E-state index in [-0.39, 0.29) is 0 Å². The lowest BCUT2D eigenvalue weighted by atomic mass is 9.52. The van der Waals surface area contributed by atoms with Crippen molar-refractivity contribution in [3.8, 4) is 45.5 Å². The van der Waals surface area contributed by atoms with Gasteiger partial charge in [-0.2, -0.15) is 10.5 Å². The summed E-state index contributed by atoms with van der Waals surface area (Å²) in [5.74, 6) is 0. The van der Waals surface area contributed by atoms with Crippen molar-refractivity contribution < 1.29 is 0 Å². The molecule has 0 atom stereocenters. The molecule has 0 saturated heterocycles. The van der Waals surface area contributed by atoms with E-state index in [0.717, 1.165) is 67.5 Å². The molecule has 17 rings (SSSR count). The van der Waals surface area contributed by atoms with Crippen LogP contribution in [0.5, 0.6) is 0 Å². The van der Waals surface area contributed by atoms with Crippen LogP contribution in [0.25, 0.3) is 33.4 Å². The zero-order valence-corrected chi connectivity index (χ0v) is 54.3. The highest BCUT2D eigenvalue weighted by atomic mass is 28.3. The molecule has 0 aromatic heterocycles. The summed E-state index contributed by atoms with van der Waals surface area (Å²) in [7, 11) is -6.35. The number of anilines is 6. The first-order chi connectivity index (χ1) is 45.6. The van der Waals surface area contributed by atoms with E-state index in [1.54, 1.807) is 0 Å². The van der Waals surface area contributed by atoms with E-state index < -0.39 is 32.4 Å². The number of nitrogens with zero attached hydrogens (tertiary/aromatic N) is 4.